The first-order chi connectivity index (χ1) is 6.04. The van der Waals surface area contributed by atoms with Gasteiger partial charge in [-0.3, -0.25) is 4.79 Å². The molecule has 0 aliphatic carbocycles. The second kappa shape index (κ2) is 6.44. The molecule has 0 heterocycles. The van der Waals surface area contributed by atoms with Crippen molar-refractivity contribution in [1.82, 2.24) is 0 Å². The van der Waals surface area contributed by atoms with E-state index >= 15 is 0 Å². The average Bonchev–Trinajstić information content (AvgIpc) is 2.10. The molecule has 0 N–H and O–H groups in total. The number of hydrogen-bond acceptors (Lipinski definition) is 1. The van der Waals surface area contributed by atoms with E-state index in [-0.39, 0.29) is 0 Å². The Morgan fingerprint density at radius 3 is 1.46 bits per heavy atom. The van der Waals surface area contributed by atoms with Crippen LogP contribution in [0.2, 0.25) is 20.1 Å². The normalized spacial score (nSPS) is 8.69. The van der Waals surface area contributed by atoms with E-state index in [1.54, 1.807) is 12.1 Å². The molecule has 6 heteroatoms. The fraction of sp³-hybridized carbons (Fsp3) is 0. The van der Waals surface area contributed by atoms with Gasteiger partial charge in [0.05, 0.1) is 20.1 Å². The average molecular weight is 264 g/mol. The second-order valence-corrected chi connectivity index (χ2v) is 3.32. The van der Waals surface area contributed by atoms with E-state index < -0.39 is 6.54 Å². The number of carbonyl (C=O) groups excluding carboxylic acids is 1. The molecule has 0 radical (unpaired) electrons. The molecule has 0 unspecified atom stereocenters. The van der Waals surface area contributed by atoms with Crippen LogP contribution in [0.15, 0.2) is 12.1 Å². The Morgan fingerprint density at radius 2 is 1.23 bits per heavy atom. The summed E-state index contributed by atoms with van der Waals surface area (Å²) >= 11 is 22.5. The lowest BCUT2D eigenvalue weighted by atomic mass is 10.4. The quantitative estimate of drug-likeness (QED) is 0.293. The Morgan fingerprint density at radius 1 is 1.00 bits per heavy atom. The minimum atomic E-state index is -0.750. The van der Waals surface area contributed by atoms with Crippen molar-refractivity contribution in [2.75, 3.05) is 0 Å². The van der Waals surface area contributed by atoms with E-state index in [0.29, 0.717) is 20.1 Å². The summed E-state index contributed by atoms with van der Waals surface area (Å²) < 4.78 is 9.61. The lowest BCUT2D eigenvalue weighted by molar-refractivity contribution is 0.510. The van der Waals surface area contributed by atoms with Crippen LogP contribution in [-0.4, -0.2) is 6.54 Å². The van der Waals surface area contributed by atoms with Crippen LogP contribution in [0.5, 0.6) is 0 Å². The molecular weight excluding hydrogens is 261 g/mol. The second-order valence-electron chi connectivity index (χ2n) is 1.75. The largest absolute Gasteiger partial charge is 0.289 e. The molecule has 0 atom stereocenters. The van der Waals surface area contributed by atoms with E-state index in [1.807, 2.05) is 0 Å². The van der Waals surface area contributed by atoms with Crippen LogP contribution in [-0.2, 0) is 4.79 Å². The van der Waals surface area contributed by atoms with E-state index in [2.05, 4.69) is 0 Å². The molecule has 1 nitrogen and oxygen atoms in total. The first-order valence-corrected chi connectivity index (χ1v) is 4.38. The molecule has 1 aromatic carbocycles. The molecule has 0 fully saturated rings. The Balaban J connectivity index is 0.000000424. The third kappa shape index (κ3) is 4.14. The zero-order valence-corrected chi connectivity index (χ0v) is 9.05. The van der Waals surface area contributed by atoms with Gasteiger partial charge in [-0.25, -0.2) is 0 Å². The Kier molecular flexibility index (Phi) is 6.43. The van der Waals surface area contributed by atoms with Crippen LogP contribution in [0, 0.1) is 0 Å². The summed E-state index contributed by atoms with van der Waals surface area (Å²) in [5.74, 6) is 0. The third-order valence-electron chi connectivity index (χ3n) is 0.988. The predicted octanol–water partition coefficient (Wildman–Crippen LogP) is 4.45. The fourth-order valence-corrected chi connectivity index (χ4v) is 1.24. The number of rotatable bonds is 0. The highest BCUT2D eigenvalue weighted by molar-refractivity contribution is 6.51. The van der Waals surface area contributed by atoms with Gasteiger partial charge >= 0.3 is 0 Å². The molecule has 1 rings (SSSR count). The highest BCUT2D eigenvalue weighted by Gasteiger charge is 2.05. The Hall–Kier alpha value is -0.0200. The molecule has 0 aliphatic heterocycles. The molecule has 1 aromatic rings. The smallest absolute Gasteiger partial charge is 0.265 e. The van der Waals surface area contributed by atoms with E-state index in [0.717, 1.165) is 0 Å². The van der Waals surface area contributed by atoms with Crippen molar-refractivity contribution >= 4 is 52.9 Å². The molecule has 0 aliphatic rings. The SMILES string of the molecule is Clc1ccc(Cl)c(Cl)c1Cl.O=CF. The molecule has 0 aromatic heterocycles. The molecule has 13 heavy (non-hydrogen) atoms. The molecular formula is C7H3Cl4FO. The lowest BCUT2D eigenvalue weighted by Gasteiger charge is -1.98. The van der Waals surface area contributed by atoms with Gasteiger partial charge in [-0.05, 0) is 12.1 Å². The molecule has 0 bridgehead atoms. The van der Waals surface area contributed by atoms with Crippen molar-refractivity contribution in [1.29, 1.82) is 0 Å². The Labute approximate surface area is 94.3 Å². The number of hydrogen-bond donors (Lipinski definition) is 0. The maximum Gasteiger partial charge on any atom is 0.289 e. The third-order valence-corrected chi connectivity index (χ3v) is 2.69. The summed E-state index contributed by atoms with van der Waals surface area (Å²) in [6.45, 7) is -0.750. The fourth-order valence-electron chi connectivity index (χ4n) is 0.502. The van der Waals surface area contributed by atoms with Gasteiger partial charge in [0, 0.05) is 0 Å². The Bertz CT molecular complexity index is 276. The summed E-state index contributed by atoms with van der Waals surface area (Å²) in [4.78, 5) is 8.14. The van der Waals surface area contributed by atoms with Crippen LogP contribution in [0.3, 0.4) is 0 Å². The van der Waals surface area contributed by atoms with E-state index in [1.165, 1.54) is 0 Å². The van der Waals surface area contributed by atoms with Crippen molar-refractivity contribution < 1.29 is 9.18 Å². The van der Waals surface area contributed by atoms with Crippen molar-refractivity contribution in [3.8, 4) is 0 Å². The summed E-state index contributed by atoms with van der Waals surface area (Å²) in [5.41, 5.74) is 0. The first-order valence-electron chi connectivity index (χ1n) is 2.87. The highest BCUT2D eigenvalue weighted by Crippen LogP contribution is 2.34. The van der Waals surface area contributed by atoms with Gasteiger partial charge in [0.15, 0.2) is 0 Å². The highest BCUT2D eigenvalue weighted by atomic mass is 35.5. The summed E-state index contributed by atoms with van der Waals surface area (Å²) in [5, 5.41) is 1.43. The summed E-state index contributed by atoms with van der Waals surface area (Å²) in [6, 6.07) is 3.19. The predicted molar refractivity (Wildman–Crippen MR) is 54.3 cm³/mol. The summed E-state index contributed by atoms with van der Waals surface area (Å²) in [7, 11) is 0. The van der Waals surface area contributed by atoms with Crippen LogP contribution < -0.4 is 0 Å². The zero-order valence-electron chi connectivity index (χ0n) is 6.03. The van der Waals surface area contributed by atoms with E-state index in [9.17, 15) is 4.39 Å². The minimum absolute atomic E-state index is 0.302. The zero-order chi connectivity index (χ0) is 10.4. The van der Waals surface area contributed by atoms with Gasteiger partial charge in [0.25, 0.3) is 6.54 Å². The summed E-state index contributed by atoms with van der Waals surface area (Å²) in [6.07, 6.45) is 0. The molecule has 72 valence electrons. The maximum atomic E-state index is 9.61. The van der Waals surface area contributed by atoms with Crippen molar-refractivity contribution in [2.24, 2.45) is 0 Å². The van der Waals surface area contributed by atoms with Gasteiger partial charge in [-0.15, -0.1) is 0 Å². The number of benzene rings is 1. The number of carbonyl (C=O) groups is 1. The first kappa shape index (κ1) is 13.0. The topological polar surface area (TPSA) is 17.1 Å². The van der Waals surface area contributed by atoms with Crippen molar-refractivity contribution in [3.63, 3.8) is 0 Å². The van der Waals surface area contributed by atoms with Gasteiger partial charge in [-0.1, -0.05) is 46.4 Å². The molecule has 0 spiro atoms. The van der Waals surface area contributed by atoms with Crippen LogP contribution in [0.25, 0.3) is 0 Å². The monoisotopic (exact) mass is 262 g/mol. The lowest BCUT2D eigenvalue weighted by Crippen LogP contribution is -1.71. The minimum Gasteiger partial charge on any atom is -0.265 e. The van der Waals surface area contributed by atoms with Crippen LogP contribution >= 0.6 is 46.4 Å². The molecule has 0 saturated heterocycles. The van der Waals surface area contributed by atoms with Gasteiger partial charge < -0.3 is 0 Å². The molecule has 0 amide bonds. The molecule has 0 saturated carbocycles. The number of halogens is 5. The van der Waals surface area contributed by atoms with Crippen LogP contribution in [0.1, 0.15) is 0 Å². The van der Waals surface area contributed by atoms with Crippen molar-refractivity contribution in [2.45, 2.75) is 0 Å². The van der Waals surface area contributed by atoms with Gasteiger partial charge in [0.1, 0.15) is 0 Å². The standard InChI is InChI=1S/C6H2Cl4.CHFO/c7-3-1-2-4(8)6(10)5(3)9;2-1-3/h1-2H;1H. The van der Waals surface area contributed by atoms with Crippen LogP contribution in [0.4, 0.5) is 4.39 Å². The van der Waals surface area contributed by atoms with E-state index in [4.69, 9.17) is 51.2 Å². The maximum absolute atomic E-state index is 9.61. The van der Waals surface area contributed by atoms with Gasteiger partial charge in [0.2, 0.25) is 0 Å². The van der Waals surface area contributed by atoms with Gasteiger partial charge in [-0.2, -0.15) is 4.39 Å². The van der Waals surface area contributed by atoms with Crippen molar-refractivity contribution in [3.05, 3.63) is 32.2 Å².